The number of hydrogen-bond acceptors (Lipinski definition) is 3. The number of aromatic nitrogens is 3. The SMILES string of the molecule is Oc1ccc(-n2cncn2)cc1F. The molecule has 1 heterocycles. The van der Waals surface area contributed by atoms with Crippen molar-refractivity contribution in [1.29, 1.82) is 0 Å². The fraction of sp³-hybridized carbons (Fsp3) is 0. The summed E-state index contributed by atoms with van der Waals surface area (Å²) in [4.78, 5) is 3.72. The summed E-state index contributed by atoms with van der Waals surface area (Å²) >= 11 is 0. The van der Waals surface area contributed by atoms with Gasteiger partial charge in [-0.05, 0) is 12.1 Å². The normalized spacial score (nSPS) is 10.2. The topological polar surface area (TPSA) is 50.9 Å². The Morgan fingerprint density at radius 3 is 2.85 bits per heavy atom. The van der Waals surface area contributed by atoms with Crippen molar-refractivity contribution < 1.29 is 9.50 Å². The predicted octanol–water partition coefficient (Wildman–Crippen LogP) is 1.11. The van der Waals surface area contributed by atoms with Gasteiger partial charge in [-0.1, -0.05) is 0 Å². The molecule has 0 spiro atoms. The van der Waals surface area contributed by atoms with Gasteiger partial charge < -0.3 is 5.11 Å². The minimum atomic E-state index is -0.673. The van der Waals surface area contributed by atoms with Gasteiger partial charge in [-0.15, -0.1) is 0 Å². The first-order valence-corrected chi connectivity index (χ1v) is 3.61. The summed E-state index contributed by atoms with van der Waals surface area (Å²) in [7, 11) is 0. The first kappa shape index (κ1) is 7.72. The molecule has 1 aromatic carbocycles. The Balaban J connectivity index is 2.49. The van der Waals surface area contributed by atoms with Crippen LogP contribution in [0, 0.1) is 5.82 Å². The molecule has 0 aliphatic heterocycles. The molecule has 66 valence electrons. The van der Waals surface area contributed by atoms with Crippen LogP contribution in [0.4, 0.5) is 4.39 Å². The van der Waals surface area contributed by atoms with E-state index in [-0.39, 0.29) is 5.75 Å². The Bertz CT molecular complexity index is 413. The van der Waals surface area contributed by atoms with Gasteiger partial charge in [-0.3, -0.25) is 0 Å². The number of aromatic hydroxyl groups is 1. The number of rotatable bonds is 1. The molecule has 0 radical (unpaired) electrons. The minimum absolute atomic E-state index is 0.371. The number of phenols is 1. The molecule has 0 saturated carbocycles. The highest BCUT2D eigenvalue weighted by Gasteiger charge is 2.02. The molecule has 4 nitrogen and oxygen atoms in total. The zero-order valence-corrected chi connectivity index (χ0v) is 6.55. The molecule has 2 rings (SSSR count). The monoisotopic (exact) mass is 179 g/mol. The van der Waals surface area contributed by atoms with E-state index in [0.717, 1.165) is 0 Å². The van der Waals surface area contributed by atoms with Crippen LogP contribution in [-0.4, -0.2) is 19.9 Å². The van der Waals surface area contributed by atoms with E-state index in [9.17, 15) is 4.39 Å². The first-order chi connectivity index (χ1) is 6.27. The lowest BCUT2D eigenvalue weighted by Crippen LogP contribution is -1.94. The van der Waals surface area contributed by atoms with E-state index in [0.29, 0.717) is 5.69 Å². The quantitative estimate of drug-likeness (QED) is 0.713. The van der Waals surface area contributed by atoms with E-state index in [1.807, 2.05) is 0 Å². The van der Waals surface area contributed by atoms with Gasteiger partial charge in [0.1, 0.15) is 12.7 Å². The molecule has 5 heteroatoms. The molecule has 0 fully saturated rings. The summed E-state index contributed by atoms with van der Waals surface area (Å²) in [6.45, 7) is 0. The molecular weight excluding hydrogens is 173 g/mol. The molecule has 1 aromatic heterocycles. The molecular formula is C8H6FN3O. The number of halogens is 1. The van der Waals surface area contributed by atoms with Crippen LogP contribution in [0.1, 0.15) is 0 Å². The van der Waals surface area contributed by atoms with Crippen molar-refractivity contribution in [2.75, 3.05) is 0 Å². The molecule has 0 saturated heterocycles. The highest BCUT2D eigenvalue weighted by atomic mass is 19.1. The van der Waals surface area contributed by atoms with Crippen molar-refractivity contribution in [1.82, 2.24) is 14.8 Å². The molecule has 0 aliphatic rings. The maximum atomic E-state index is 12.9. The second-order valence-electron chi connectivity index (χ2n) is 2.48. The average molecular weight is 179 g/mol. The van der Waals surface area contributed by atoms with Gasteiger partial charge in [0.2, 0.25) is 0 Å². The Labute approximate surface area is 73.3 Å². The lowest BCUT2D eigenvalue weighted by atomic mass is 10.3. The van der Waals surface area contributed by atoms with E-state index < -0.39 is 5.82 Å². The van der Waals surface area contributed by atoms with Gasteiger partial charge >= 0.3 is 0 Å². The van der Waals surface area contributed by atoms with E-state index in [1.165, 1.54) is 29.5 Å². The molecule has 0 atom stereocenters. The summed E-state index contributed by atoms with van der Waals surface area (Å²) in [5, 5.41) is 12.7. The lowest BCUT2D eigenvalue weighted by Gasteiger charge is -2.00. The maximum Gasteiger partial charge on any atom is 0.166 e. The third-order valence-electron chi connectivity index (χ3n) is 1.61. The standard InChI is InChI=1S/C8H6FN3O/c9-7-3-6(1-2-8(7)13)12-5-10-4-11-12/h1-5,13H. The number of benzene rings is 1. The summed E-state index contributed by atoms with van der Waals surface area (Å²) in [6.07, 6.45) is 2.80. The van der Waals surface area contributed by atoms with Crippen LogP contribution in [0.3, 0.4) is 0 Å². The van der Waals surface area contributed by atoms with Crippen molar-refractivity contribution in [2.24, 2.45) is 0 Å². The molecule has 0 bridgehead atoms. The Morgan fingerprint density at radius 1 is 1.38 bits per heavy atom. The van der Waals surface area contributed by atoms with Gasteiger partial charge in [0.25, 0.3) is 0 Å². The molecule has 2 aromatic rings. The van der Waals surface area contributed by atoms with Crippen molar-refractivity contribution >= 4 is 0 Å². The van der Waals surface area contributed by atoms with Crippen LogP contribution in [0.5, 0.6) is 5.75 Å². The summed E-state index contributed by atoms with van der Waals surface area (Å²) in [6, 6.07) is 4.00. The highest BCUT2D eigenvalue weighted by Crippen LogP contribution is 2.17. The molecule has 0 aliphatic carbocycles. The molecule has 0 unspecified atom stereocenters. The highest BCUT2D eigenvalue weighted by molar-refractivity contribution is 5.36. The Hall–Kier alpha value is -1.91. The predicted molar refractivity (Wildman–Crippen MR) is 43.0 cm³/mol. The van der Waals surface area contributed by atoms with Gasteiger partial charge in [0.15, 0.2) is 11.6 Å². The Kier molecular flexibility index (Phi) is 1.70. The van der Waals surface area contributed by atoms with Crippen molar-refractivity contribution in [3.63, 3.8) is 0 Å². The van der Waals surface area contributed by atoms with E-state index in [1.54, 1.807) is 6.07 Å². The van der Waals surface area contributed by atoms with Crippen LogP contribution in [0.25, 0.3) is 5.69 Å². The van der Waals surface area contributed by atoms with Gasteiger partial charge in [0.05, 0.1) is 5.69 Å². The zero-order valence-electron chi connectivity index (χ0n) is 6.55. The second-order valence-corrected chi connectivity index (χ2v) is 2.48. The fourth-order valence-corrected chi connectivity index (χ4v) is 0.980. The van der Waals surface area contributed by atoms with Crippen LogP contribution in [0.15, 0.2) is 30.9 Å². The molecule has 0 amide bonds. The number of phenolic OH excluding ortho intramolecular Hbond substituents is 1. The van der Waals surface area contributed by atoms with Gasteiger partial charge in [0, 0.05) is 6.07 Å². The van der Waals surface area contributed by atoms with Crippen LogP contribution < -0.4 is 0 Å². The maximum absolute atomic E-state index is 12.9. The van der Waals surface area contributed by atoms with Crippen molar-refractivity contribution in [3.05, 3.63) is 36.7 Å². The second kappa shape index (κ2) is 2.85. The van der Waals surface area contributed by atoms with E-state index >= 15 is 0 Å². The summed E-state index contributed by atoms with van der Waals surface area (Å²) in [5.74, 6) is -1.04. The lowest BCUT2D eigenvalue weighted by molar-refractivity contribution is 0.432. The van der Waals surface area contributed by atoms with Crippen molar-refractivity contribution in [2.45, 2.75) is 0 Å². The van der Waals surface area contributed by atoms with Crippen LogP contribution in [0.2, 0.25) is 0 Å². The van der Waals surface area contributed by atoms with E-state index in [2.05, 4.69) is 10.1 Å². The average Bonchev–Trinajstić information content (AvgIpc) is 2.62. The third kappa shape index (κ3) is 1.35. The summed E-state index contributed by atoms with van der Waals surface area (Å²) in [5.41, 5.74) is 0.521. The van der Waals surface area contributed by atoms with E-state index in [4.69, 9.17) is 5.11 Å². The largest absolute Gasteiger partial charge is 0.505 e. The third-order valence-corrected chi connectivity index (χ3v) is 1.61. The first-order valence-electron chi connectivity index (χ1n) is 3.61. The van der Waals surface area contributed by atoms with Crippen LogP contribution >= 0.6 is 0 Å². The minimum Gasteiger partial charge on any atom is -0.505 e. The fourth-order valence-electron chi connectivity index (χ4n) is 0.980. The number of nitrogens with zero attached hydrogens (tertiary/aromatic N) is 3. The van der Waals surface area contributed by atoms with Crippen LogP contribution in [-0.2, 0) is 0 Å². The molecule has 1 N–H and O–H groups in total. The van der Waals surface area contributed by atoms with Gasteiger partial charge in [-0.25, -0.2) is 14.1 Å². The summed E-state index contributed by atoms with van der Waals surface area (Å²) < 4.78 is 14.3. The van der Waals surface area contributed by atoms with Gasteiger partial charge in [-0.2, -0.15) is 5.10 Å². The Morgan fingerprint density at radius 2 is 2.23 bits per heavy atom. The zero-order chi connectivity index (χ0) is 9.26. The number of hydrogen-bond donors (Lipinski definition) is 1. The smallest absolute Gasteiger partial charge is 0.166 e. The van der Waals surface area contributed by atoms with Crippen molar-refractivity contribution in [3.8, 4) is 11.4 Å². The molecule has 13 heavy (non-hydrogen) atoms.